The van der Waals surface area contributed by atoms with Gasteiger partial charge in [-0.25, -0.2) is 0 Å². The lowest BCUT2D eigenvalue weighted by Gasteiger charge is -2.24. The lowest BCUT2D eigenvalue weighted by Crippen LogP contribution is -2.34. The van der Waals surface area contributed by atoms with Gasteiger partial charge in [0.15, 0.2) is 0 Å². The second-order valence-electron chi connectivity index (χ2n) is 7.04. The number of fused-ring (bicyclic) bond motifs is 2. The van der Waals surface area contributed by atoms with Crippen LogP contribution in [0.3, 0.4) is 0 Å². The van der Waals surface area contributed by atoms with Gasteiger partial charge in [0.25, 0.3) is 0 Å². The van der Waals surface area contributed by atoms with Gasteiger partial charge in [-0.05, 0) is 48.8 Å². The zero-order valence-corrected chi connectivity index (χ0v) is 14.7. The van der Waals surface area contributed by atoms with Crippen LogP contribution in [0.5, 0.6) is 0 Å². The van der Waals surface area contributed by atoms with Gasteiger partial charge < -0.3 is 10.1 Å². The number of hydrogen-bond acceptors (Lipinski definition) is 3. The quantitative estimate of drug-likeness (QED) is 0.911. The number of nitrogens with one attached hydrogen (secondary N) is 1. The minimum Gasteiger partial charge on any atom is -0.383 e. The molecule has 25 heavy (non-hydrogen) atoms. The van der Waals surface area contributed by atoms with E-state index in [2.05, 4.69) is 29.7 Å². The number of benzene rings is 1. The molecule has 0 saturated heterocycles. The van der Waals surface area contributed by atoms with Crippen LogP contribution in [-0.2, 0) is 28.9 Å². The summed E-state index contributed by atoms with van der Waals surface area (Å²) >= 11 is 0. The minimum absolute atomic E-state index is 0.0165. The number of rotatable bonds is 5. The molecular formula is C20H25N3O2. The summed E-state index contributed by atoms with van der Waals surface area (Å²) in [6, 6.07) is 8.35. The number of hydrogen-bond donors (Lipinski definition) is 1. The average Bonchev–Trinajstić information content (AvgIpc) is 3.24. The fourth-order valence-electron chi connectivity index (χ4n) is 4.14. The molecule has 2 aliphatic carbocycles. The van der Waals surface area contributed by atoms with Crippen LogP contribution in [0.15, 0.2) is 30.5 Å². The second kappa shape index (κ2) is 7.00. The SMILES string of the molecule is COCCn1cc2c(n1)C(NC(=O)C1CCc3ccccc31)CCC2. The Hall–Kier alpha value is -2.14. The summed E-state index contributed by atoms with van der Waals surface area (Å²) in [7, 11) is 1.70. The van der Waals surface area contributed by atoms with E-state index >= 15 is 0 Å². The summed E-state index contributed by atoms with van der Waals surface area (Å²) in [6.45, 7) is 1.40. The number of ether oxygens (including phenoxy) is 1. The van der Waals surface area contributed by atoms with E-state index in [0.29, 0.717) is 6.61 Å². The molecule has 2 atom stereocenters. The topological polar surface area (TPSA) is 56.1 Å². The smallest absolute Gasteiger partial charge is 0.228 e. The molecule has 1 aromatic carbocycles. The summed E-state index contributed by atoms with van der Waals surface area (Å²) < 4.78 is 7.09. The molecule has 0 radical (unpaired) electrons. The summed E-state index contributed by atoms with van der Waals surface area (Å²) in [6.07, 6.45) is 7.12. The van der Waals surface area contributed by atoms with Crippen molar-refractivity contribution < 1.29 is 9.53 Å². The van der Waals surface area contributed by atoms with Crippen molar-refractivity contribution in [3.63, 3.8) is 0 Å². The highest BCUT2D eigenvalue weighted by Crippen LogP contribution is 2.35. The predicted molar refractivity (Wildman–Crippen MR) is 95.4 cm³/mol. The van der Waals surface area contributed by atoms with Crippen LogP contribution in [-0.4, -0.2) is 29.4 Å². The van der Waals surface area contributed by atoms with E-state index in [0.717, 1.165) is 44.3 Å². The molecule has 4 rings (SSSR count). The summed E-state index contributed by atoms with van der Waals surface area (Å²) in [5.74, 6) is 0.131. The Kier molecular flexibility index (Phi) is 4.57. The first-order valence-corrected chi connectivity index (χ1v) is 9.19. The normalized spacial score (nSPS) is 21.6. The van der Waals surface area contributed by atoms with E-state index in [1.165, 1.54) is 16.7 Å². The molecule has 0 aliphatic heterocycles. The Balaban J connectivity index is 1.49. The Bertz CT molecular complexity index is 768. The van der Waals surface area contributed by atoms with Crippen LogP contribution >= 0.6 is 0 Å². The minimum atomic E-state index is -0.0165. The maximum Gasteiger partial charge on any atom is 0.228 e. The zero-order valence-electron chi connectivity index (χ0n) is 14.7. The number of carbonyl (C=O) groups is 1. The Morgan fingerprint density at radius 2 is 2.16 bits per heavy atom. The molecule has 0 saturated carbocycles. The maximum atomic E-state index is 12.9. The van der Waals surface area contributed by atoms with Gasteiger partial charge >= 0.3 is 0 Å². The highest BCUT2D eigenvalue weighted by Gasteiger charge is 2.32. The van der Waals surface area contributed by atoms with Gasteiger partial charge in [0.05, 0.1) is 30.8 Å². The van der Waals surface area contributed by atoms with E-state index in [1.54, 1.807) is 7.11 Å². The van der Waals surface area contributed by atoms with Crippen LogP contribution in [0.4, 0.5) is 0 Å². The summed E-state index contributed by atoms with van der Waals surface area (Å²) in [5, 5.41) is 8.00. The van der Waals surface area contributed by atoms with Crippen molar-refractivity contribution in [2.24, 2.45) is 0 Å². The van der Waals surface area contributed by atoms with E-state index in [4.69, 9.17) is 9.84 Å². The first kappa shape index (κ1) is 16.3. The standard InChI is InChI=1S/C20H25N3O2/c1-25-12-11-23-13-15-6-4-8-18(19(15)22-23)21-20(24)17-10-9-14-5-2-3-7-16(14)17/h2-3,5,7,13,17-18H,4,6,8-12H2,1H3,(H,21,24). The predicted octanol–water partition coefficient (Wildman–Crippen LogP) is 2.75. The average molecular weight is 339 g/mol. The Labute approximate surface area is 148 Å². The number of aromatic nitrogens is 2. The molecule has 2 unspecified atom stereocenters. The molecule has 0 spiro atoms. The third-order valence-corrected chi connectivity index (χ3v) is 5.43. The molecule has 1 N–H and O–H groups in total. The van der Waals surface area contributed by atoms with Crippen LogP contribution in [0.25, 0.3) is 0 Å². The third kappa shape index (κ3) is 3.21. The first-order chi connectivity index (χ1) is 12.3. The molecule has 5 heteroatoms. The fraction of sp³-hybridized carbons (Fsp3) is 0.500. The monoisotopic (exact) mass is 339 g/mol. The number of carbonyl (C=O) groups excluding carboxylic acids is 1. The Morgan fingerprint density at radius 1 is 1.28 bits per heavy atom. The van der Waals surface area contributed by atoms with Gasteiger partial charge in [0.1, 0.15) is 0 Å². The van der Waals surface area contributed by atoms with Crippen molar-refractivity contribution in [3.8, 4) is 0 Å². The van der Waals surface area contributed by atoms with Gasteiger partial charge in [0, 0.05) is 13.3 Å². The van der Waals surface area contributed by atoms with Crippen LogP contribution in [0.2, 0.25) is 0 Å². The van der Waals surface area contributed by atoms with Gasteiger partial charge in [-0.3, -0.25) is 9.48 Å². The highest BCUT2D eigenvalue weighted by atomic mass is 16.5. The molecule has 2 aliphatic rings. The third-order valence-electron chi connectivity index (χ3n) is 5.43. The Morgan fingerprint density at radius 3 is 3.04 bits per heavy atom. The second-order valence-corrected chi connectivity index (χ2v) is 7.04. The lowest BCUT2D eigenvalue weighted by atomic mass is 9.92. The summed E-state index contributed by atoms with van der Waals surface area (Å²) in [4.78, 5) is 12.9. The number of amides is 1. The largest absolute Gasteiger partial charge is 0.383 e. The molecule has 1 amide bonds. The van der Waals surface area contributed by atoms with Crippen molar-refractivity contribution in [1.82, 2.24) is 15.1 Å². The van der Waals surface area contributed by atoms with Gasteiger partial charge in [-0.15, -0.1) is 0 Å². The van der Waals surface area contributed by atoms with E-state index in [-0.39, 0.29) is 17.9 Å². The number of nitrogens with zero attached hydrogens (tertiary/aromatic N) is 2. The van der Waals surface area contributed by atoms with Crippen molar-refractivity contribution in [2.75, 3.05) is 13.7 Å². The molecule has 132 valence electrons. The van der Waals surface area contributed by atoms with Crippen molar-refractivity contribution in [3.05, 3.63) is 52.8 Å². The van der Waals surface area contributed by atoms with Crippen molar-refractivity contribution >= 4 is 5.91 Å². The van der Waals surface area contributed by atoms with E-state index in [9.17, 15) is 4.79 Å². The zero-order chi connectivity index (χ0) is 17.2. The molecule has 2 aromatic rings. The van der Waals surface area contributed by atoms with Gasteiger partial charge in [0.2, 0.25) is 5.91 Å². The van der Waals surface area contributed by atoms with E-state index < -0.39 is 0 Å². The van der Waals surface area contributed by atoms with E-state index in [1.807, 2.05) is 10.7 Å². The molecule has 1 aromatic heterocycles. The van der Waals surface area contributed by atoms with Gasteiger partial charge in [-0.1, -0.05) is 24.3 Å². The number of methoxy groups -OCH3 is 1. The van der Waals surface area contributed by atoms with Crippen LogP contribution < -0.4 is 5.32 Å². The lowest BCUT2D eigenvalue weighted by molar-refractivity contribution is -0.123. The number of aryl methyl sites for hydroxylation is 2. The maximum absolute atomic E-state index is 12.9. The highest BCUT2D eigenvalue weighted by molar-refractivity contribution is 5.85. The van der Waals surface area contributed by atoms with Crippen molar-refractivity contribution in [1.29, 1.82) is 0 Å². The molecule has 5 nitrogen and oxygen atoms in total. The molecule has 0 fully saturated rings. The van der Waals surface area contributed by atoms with Crippen molar-refractivity contribution in [2.45, 2.75) is 50.6 Å². The van der Waals surface area contributed by atoms with Crippen LogP contribution in [0.1, 0.15) is 53.6 Å². The summed E-state index contributed by atoms with van der Waals surface area (Å²) in [5.41, 5.74) is 4.82. The van der Waals surface area contributed by atoms with Gasteiger partial charge in [-0.2, -0.15) is 5.10 Å². The molecule has 0 bridgehead atoms. The molecular weight excluding hydrogens is 314 g/mol. The fourth-order valence-corrected chi connectivity index (χ4v) is 4.14. The molecule has 1 heterocycles. The first-order valence-electron chi connectivity index (χ1n) is 9.19. The van der Waals surface area contributed by atoms with Crippen LogP contribution in [0, 0.1) is 0 Å².